The Morgan fingerprint density at radius 2 is 1.71 bits per heavy atom. The van der Waals surface area contributed by atoms with Crippen molar-refractivity contribution in [1.29, 1.82) is 0 Å². The van der Waals surface area contributed by atoms with Gasteiger partial charge < -0.3 is 15.0 Å². The number of hydrogen-bond acceptors (Lipinski definition) is 4. The zero-order chi connectivity index (χ0) is 21.5. The predicted octanol–water partition coefficient (Wildman–Crippen LogP) is 5.88. The van der Waals surface area contributed by atoms with Crippen molar-refractivity contribution in [2.75, 3.05) is 12.4 Å². The topological polar surface area (TPSA) is 80.2 Å². The van der Waals surface area contributed by atoms with E-state index >= 15 is 0 Å². The first-order chi connectivity index (χ1) is 15.1. The number of hydrogen-bond donors (Lipinski definition) is 2. The summed E-state index contributed by atoms with van der Waals surface area (Å²) in [7, 11) is 1.59. The van der Waals surface area contributed by atoms with E-state index in [-0.39, 0.29) is 4.92 Å². The van der Waals surface area contributed by atoms with Gasteiger partial charge in [0.05, 0.1) is 18.7 Å². The van der Waals surface area contributed by atoms with Crippen molar-refractivity contribution in [3.05, 3.63) is 104 Å². The van der Waals surface area contributed by atoms with E-state index in [1.807, 2.05) is 72.9 Å². The lowest BCUT2D eigenvalue weighted by Gasteiger charge is -2.36. The minimum absolute atomic E-state index is 0.166. The van der Waals surface area contributed by atoms with E-state index in [0.717, 1.165) is 37.8 Å². The van der Waals surface area contributed by atoms with Crippen molar-refractivity contribution in [3.8, 4) is 5.75 Å². The zero-order valence-corrected chi connectivity index (χ0v) is 18.3. The highest BCUT2D eigenvalue weighted by atomic mass is 79.9. The third-order valence-electron chi connectivity index (χ3n) is 6.04. The summed E-state index contributed by atoms with van der Waals surface area (Å²) in [6, 6.07) is 19.7. The average Bonchev–Trinajstić information content (AvgIpc) is 3.22. The van der Waals surface area contributed by atoms with Crippen LogP contribution in [0.25, 0.3) is 10.9 Å². The Morgan fingerprint density at radius 1 is 0.968 bits per heavy atom. The third-order valence-corrected chi connectivity index (χ3v) is 6.70. The lowest BCUT2D eigenvalue weighted by Crippen LogP contribution is -2.42. The maximum atomic E-state index is 12.6. The van der Waals surface area contributed by atoms with E-state index in [0.29, 0.717) is 5.75 Å². The van der Waals surface area contributed by atoms with E-state index < -0.39 is 18.0 Å². The van der Waals surface area contributed by atoms with Gasteiger partial charge in [0, 0.05) is 32.1 Å². The summed E-state index contributed by atoms with van der Waals surface area (Å²) in [6.45, 7) is 0. The highest BCUT2D eigenvalue weighted by molar-refractivity contribution is 9.10. The Hall–Kier alpha value is -3.32. The number of aromatic amines is 1. The second kappa shape index (κ2) is 7.74. The first-order valence-corrected chi connectivity index (χ1v) is 10.8. The molecule has 0 fully saturated rings. The fourth-order valence-electron chi connectivity index (χ4n) is 4.70. The molecule has 0 saturated carbocycles. The molecule has 0 amide bonds. The van der Waals surface area contributed by atoms with Crippen LogP contribution in [0, 0.1) is 10.1 Å². The number of anilines is 1. The van der Waals surface area contributed by atoms with Gasteiger partial charge in [0.1, 0.15) is 11.8 Å². The molecule has 2 heterocycles. The van der Waals surface area contributed by atoms with E-state index in [1.165, 1.54) is 0 Å². The number of para-hydroxylation sites is 3. The summed E-state index contributed by atoms with van der Waals surface area (Å²) in [6.07, 6.45) is 1.90. The van der Waals surface area contributed by atoms with E-state index in [1.54, 1.807) is 7.11 Å². The smallest absolute Gasteiger partial charge is 0.248 e. The standard InChI is InChI=1S/C24H20BrN3O3/c1-31-20-12-5-3-8-15(20)23-24(28(29)30)21(16-9-6-10-18(25)22(16)27-23)17-13-26-19-11-4-2-7-14(17)19/h2-13,21,23-24,26-27H,1H3/t21-,23+,24-/m1/s1. The number of aromatic nitrogens is 1. The van der Waals surface area contributed by atoms with Gasteiger partial charge in [0.25, 0.3) is 0 Å². The monoisotopic (exact) mass is 477 g/mol. The molecule has 156 valence electrons. The molecule has 0 unspecified atom stereocenters. The Labute approximate surface area is 187 Å². The molecule has 3 aromatic carbocycles. The largest absolute Gasteiger partial charge is 0.496 e. The molecule has 6 nitrogen and oxygen atoms in total. The van der Waals surface area contributed by atoms with Gasteiger partial charge in [0.15, 0.2) is 0 Å². The van der Waals surface area contributed by atoms with Crippen LogP contribution in [0.2, 0.25) is 0 Å². The Bertz CT molecular complexity index is 1290. The number of nitrogens with zero attached hydrogens (tertiary/aromatic N) is 1. The fourth-order valence-corrected chi connectivity index (χ4v) is 5.20. The highest BCUT2D eigenvalue weighted by Gasteiger charge is 2.48. The SMILES string of the molecule is COc1ccccc1[C@@H]1Nc2c(Br)cccc2[C@H](c2c[nH]c3ccccc23)[C@H]1[N+](=O)[O-]. The van der Waals surface area contributed by atoms with Gasteiger partial charge in [-0.1, -0.05) is 48.5 Å². The van der Waals surface area contributed by atoms with Crippen LogP contribution in [0.1, 0.15) is 28.7 Å². The number of ether oxygens (including phenoxy) is 1. The van der Waals surface area contributed by atoms with Crippen molar-refractivity contribution in [1.82, 2.24) is 4.98 Å². The molecule has 3 atom stereocenters. The normalized spacial score (nSPS) is 20.1. The number of halogens is 1. The summed E-state index contributed by atoms with van der Waals surface area (Å²) in [5.41, 5.74) is 4.40. The van der Waals surface area contributed by atoms with Crippen LogP contribution in [-0.4, -0.2) is 23.1 Å². The van der Waals surface area contributed by atoms with Crippen LogP contribution in [-0.2, 0) is 0 Å². The quantitative estimate of drug-likeness (QED) is 0.284. The zero-order valence-electron chi connectivity index (χ0n) is 16.7. The molecule has 2 N–H and O–H groups in total. The molecule has 0 aliphatic carbocycles. The number of H-pyrrole nitrogens is 1. The maximum absolute atomic E-state index is 12.6. The van der Waals surface area contributed by atoms with Crippen molar-refractivity contribution in [2.45, 2.75) is 18.0 Å². The van der Waals surface area contributed by atoms with Crippen LogP contribution < -0.4 is 10.1 Å². The molecular weight excluding hydrogens is 458 g/mol. The van der Waals surface area contributed by atoms with E-state index in [2.05, 4.69) is 26.2 Å². The van der Waals surface area contributed by atoms with Crippen molar-refractivity contribution in [2.24, 2.45) is 0 Å². The number of fused-ring (bicyclic) bond motifs is 2. The molecule has 1 aromatic heterocycles. The minimum Gasteiger partial charge on any atom is -0.496 e. The van der Waals surface area contributed by atoms with Crippen LogP contribution in [0.4, 0.5) is 5.69 Å². The number of benzene rings is 3. The Morgan fingerprint density at radius 3 is 2.52 bits per heavy atom. The summed E-state index contributed by atoms with van der Waals surface area (Å²) in [4.78, 5) is 15.7. The minimum atomic E-state index is -0.933. The first kappa shape index (κ1) is 19.6. The van der Waals surface area contributed by atoms with Crippen LogP contribution in [0.3, 0.4) is 0 Å². The summed E-state index contributed by atoms with van der Waals surface area (Å²) in [5, 5.41) is 17.0. The van der Waals surface area contributed by atoms with Gasteiger partial charge in [-0.3, -0.25) is 10.1 Å². The van der Waals surface area contributed by atoms with Gasteiger partial charge >= 0.3 is 0 Å². The number of methoxy groups -OCH3 is 1. The molecule has 4 aromatic rings. The molecule has 7 heteroatoms. The van der Waals surface area contributed by atoms with Gasteiger partial charge in [0.2, 0.25) is 6.04 Å². The summed E-state index contributed by atoms with van der Waals surface area (Å²) in [5.74, 6) is 0.176. The van der Waals surface area contributed by atoms with Gasteiger partial charge in [-0.15, -0.1) is 0 Å². The molecule has 1 aliphatic rings. The molecule has 0 saturated heterocycles. The lowest BCUT2D eigenvalue weighted by molar-refractivity contribution is -0.529. The Kier molecular flexibility index (Phi) is 4.90. The molecule has 0 bridgehead atoms. The number of nitro groups is 1. The molecule has 5 rings (SSSR count). The van der Waals surface area contributed by atoms with Gasteiger partial charge in [-0.05, 0) is 45.3 Å². The third kappa shape index (κ3) is 3.16. The fraction of sp³-hybridized carbons (Fsp3) is 0.167. The van der Waals surface area contributed by atoms with Crippen molar-refractivity contribution in [3.63, 3.8) is 0 Å². The van der Waals surface area contributed by atoms with Crippen LogP contribution >= 0.6 is 15.9 Å². The number of nitrogens with one attached hydrogen (secondary N) is 2. The number of rotatable bonds is 4. The Balaban J connectivity index is 1.79. The molecule has 1 aliphatic heterocycles. The molecule has 0 spiro atoms. The molecular formula is C24H20BrN3O3. The van der Waals surface area contributed by atoms with Crippen LogP contribution in [0.5, 0.6) is 5.75 Å². The summed E-state index contributed by atoms with van der Waals surface area (Å²) >= 11 is 3.64. The second-order valence-corrected chi connectivity index (χ2v) is 8.47. The van der Waals surface area contributed by atoms with Gasteiger partial charge in [-0.25, -0.2) is 0 Å². The molecule has 0 radical (unpaired) electrons. The van der Waals surface area contributed by atoms with Gasteiger partial charge in [-0.2, -0.15) is 0 Å². The predicted molar refractivity (Wildman–Crippen MR) is 124 cm³/mol. The maximum Gasteiger partial charge on any atom is 0.248 e. The van der Waals surface area contributed by atoms with E-state index in [9.17, 15) is 10.1 Å². The van der Waals surface area contributed by atoms with E-state index in [4.69, 9.17) is 4.74 Å². The summed E-state index contributed by atoms with van der Waals surface area (Å²) < 4.78 is 6.43. The molecule has 31 heavy (non-hydrogen) atoms. The first-order valence-electron chi connectivity index (χ1n) is 9.97. The van der Waals surface area contributed by atoms with Crippen LogP contribution in [0.15, 0.2) is 77.4 Å². The van der Waals surface area contributed by atoms with Crippen molar-refractivity contribution >= 4 is 32.5 Å². The lowest BCUT2D eigenvalue weighted by atomic mass is 9.76. The second-order valence-electron chi connectivity index (χ2n) is 7.61. The highest BCUT2D eigenvalue weighted by Crippen LogP contribution is 2.49. The van der Waals surface area contributed by atoms with Crippen molar-refractivity contribution < 1.29 is 9.66 Å². The average molecular weight is 478 g/mol.